The number of amides is 1. The number of aryl methyl sites for hydroxylation is 1. The van der Waals surface area contributed by atoms with E-state index in [2.05, 4.69) is 10.3 Å². The molecule has 2 rings (SSSR count). The minimum atomic E-state index is -0.781. The summed E-state index contributed by atoms with van der Waals surface area (Å²) in [5, 5.41) is 2.56. The Hall–Kier alpha value is -3.29. The number of benzene rings is 1. The van der Waals surface area contributed by atoms with Gasteiger partial charge in [-0.3, -0.25) is 9.59 Å². The number of esters is 1. The number of Topliss-reactive ketones (excluding diaryl/α,β-unsaturated/α-hetero) is 1. The number of aromatic nitrogens is 1. The van der Waals surface area contributed by atoms with Gasteiger partial charge >= 0.3 is 5.97 Å². The van der Waals surface area contributed by atoms with E-state index in [9.17, 15) is 14.4 Å². The van der Waals surface area contributed by atoms with Crippen LogP contribution in [0.3, 0.4) is 0 Å². The summed E-state index contributed by atoms with van der Waals surface area (Å²) < 4.78 is 15.9. The summed E-state index contributed by atoms with van der Waals surface area (Å²) in [4.78, 5) is 40.8. The topological polar surface area (TPSA) is 107 Å². The van der Waals surface area contributed by atoms with Gasteiger partial charge in [0, 0.05) is 23.4 Å². The van der Waals surface area contributed by atoms with E-state index in [4.69, 9.17) is 14.2 Å². The Bertz CT molecular complexity index is 916. The highest BCUT2D eigenvalue weighted by atomic mass is 16.5. The zero-order chi connectivity index (χ0) is 21.6. The second kappa shape index (κ2) is 9.77. The molecule has 0 bridgehead atoms. The van der Waals surface area contributed by atoms with Crippen LogP contribution < -0.4 is 14.8 Å². The molecule has 0 fully saturated rings. The van der Waals surface area contributed by atoms with Gasteiger partial charge in [-0.15, -0.1) is 0 Å². The zero-order valence-corrected chi connectivity index (χ0v) is 17.3. The third kappa shape index (κ3) is 4.59. The molecule has 2 N–H and O–H groups in total. The van der Waals surface area contributed by atoms with Gasteiger partial charge in [0.1, 0.15) is 17.2 Å². The molecule has 156 valence electrons. The number of carbonyl (C=O) groups excluding carboxylic acids is 3. The van der Waals surface area contributed by atoms with Crippen molar-refractivity contribution < 1.29 is 28.6 Å². The third-order valence-electron chi connectivity index (χ3n) is 4.31. The number of rotatable bonds is 9. The number of ketones is 1. The first-order valence-electron chi connectivity index (χ1n) is 9.34. The summed E-state index contributed by atoms with van der Waals surface area (Å²) in [5.74, 6) is -1.22. The van der Waals surface area contributed by atoms with Crippen LogP contribution in [0.4, 0.5) is 0 Å². The zero-order valence-electron chi connectivity index (χ0n) is 17.3. The molecular formula is C21H26N2O6. The van der Waals surface area contributed by atoms with Gasteiger partial charge in [0.05, 0.1) is 26.4 Å². The summed E-state index contributed by atoms with van der Waals surface area (Å²) in [6, 6.07) is 5.00. The smallest absolute Gasteiger partial charge is 0.340 e. The molecule has 0 radical (unpaired) electrons. The molecule has 1 aromatic heterocycles. The molecule has 0 aliphatic carbocycles. The fourth-order valence-corrected chi connectivity index (χ4v) is 2.96. The van der Waals surface area contributed by atoms with E-state index < -0.39 is 17.7 Å². The molecule has 1 heterocycles. The number of aromatic amines is 1. The predicted molar refractivity (Wildman–Crippen MR) is 108 cm³/mol. The first-order chi connectivity index (χ1) is 13.9. The molecular weight excluding hydrogens is 376 g/mol. The average Bonchev–Trinajstić information content (AvgIpc) is 3.07. The monoisotopic (exact) mass is 402 g/mol. The first-order valence-corrected chi connectivity index (χ1v) is 9.34. The molecule has 1 aromatic carbocycles. The lowest BCUT2D eigenvalue weighted by molar-refractivity contribution is -0.117. The van der Waals surface area contributed by atoms with Crippen LogP contribution in [0.2, 0.25) is 0 Å². The van der Waals surface area contributed by atoms with Gasteiger partial charge in [-0.25, -0.2) is 4.79 Å². The fourth-order valence-electron chi connectivity index (χ4n) is 2.96. The molecule has 29 heavy (non-hydrogen) atoms. The van der Waals surface area contributed by atoms with Crippen LogP contribution in [0.25, 0.3) is 11.1 Å². The van der Waals surface area contributed by atoms with E-state index in [0.717, 1.165) is 0 Å². The molecule has 0 atom stereocenters. The Kier molecular flexibility index (Phi) is 7.41. The Labute approximate surface area is 169 Å². The molecule has 0 saturated carbocycles. The molecule has 0 aliphatic heterocycles. The summed E-state index contributed by atoms with van der Waals surface area (Å²) in [6.07, 6.45) is 0.688. The maximum absolute atomic E-state index is 12.9. The van der Waals surface area contributed by atoms with E-state index >= 15 is 0 Å². The van der Waals surface area contributed by atoms with Crippen molar-refractivity contribution in [2.45, 2.75) is 27.2 Å². The normalized spacial score (nSPS) is 10.4. The molecule has 0 unspecified atom stereocenters. The largest absolute Gasteiger partial charge is 0.497 e. The number of nitrogens with one attached hydrogen (secondary N) is 2. The highest BCUT2D eigenvalue weighted by Crippen LogP contribution is 2.39. The standard InChI is InChI=1S/C21H26N2O6/c1-6-10-22-20(25)19(24)18-17(16(12(3)23-18)21(26)29-7-2)14-11-13(27-4)8-9-15(14)28-5/h8-9,11,23H,6-7,10H2,1-5H3,(H,22,25). The van der Waals surface area contributed by atoms with Crippen molar-refractivity contribution in [3.8, 4) is 22.6 Å². The fraction of sp³-hybridized carbons (Fsp3) is 0.381. The number of carbonyl (C=O) groups is 3. The van der Waals surface area contributed by atoms with E-state index in [1.165, 1.54) is 14.2 Å². The minimum Gasteiger partial charge on any atom is -0.497 e. The maximum Gasteiger partial charge on any atom is 0.340 e. The van der Waals surface area contributed by atoms with Crippen molar-refractivity contribution in [1.29, 1.82) is 0 Å². The number of hydrogen-bond donors (Lipinski definition) is 2. The Balaban J connectivity index is 2.75. The average molecular weight is 402 g/mol. The van der Waals surface area contributed by atoms with Crippen LogP contribution in [0.1, 0.15) is 46.8 Å². The van der Waals surface area contributed by atoms with Gasteiger partial charge in [0.25, 0.3) is 11.7 Å². The molecule has 2 aromatic rings. The summed E-state index contributed by atoms with van der Waals surface area (Å²) >= 11 is 0. The Morgan fingerprint density at radius 3 is 2.41 bits per heavy atom. The van der Waals surface area contributed by atoms with Gasteiger partial charge < -0.3 is 24.5 Å². The lowest BCUT2D eigenvalue weighted by Crippen LogP contribution is -2.32. The van der Waals surface area contributed by atoms with Crippen molar-refractivity contribution in [2.75, 3.05) is 27.4 Å². The van der Waals surface area contributed by atoms with E-state index in [0.29, 0.717) is 35.7 Å². The number of hydrogen-bond acceptors (Lipinski definition) is 6. The van der Waals surface area contributed by atoms with Gasteiger partial charge in [0.15, 0.2) is 0 Å². The second-order valence-corrected chi connectivity index (χ2v) is 6.25. The van der Waals surface area contributed by atoms with Crippen LogP contribution in [0.5, 0.6) is 11.5 Å². The van der Waals surface area contributed by atoms with Crippen molar-refractivity contribution in [3.63, 3.8) is 0 Å². The molecule has 0 saturated heterocycles. The molecule has 0 aliphatic rings. The van der Waals surface area contributed by atoms with Gasteiger partial charge in [-0.2, -0.15) is 0 Å². The lowest BCUT2D eigenvalue weighted by atomic mass is 9.97. The molecule has 8 heteroatoms. The van der Waals surface area contributed by atoms with Crippen LogP contribution >= 0.6 is 0 Å². The van der Waals surface area contributed by atoms with E-state index in [1.807, 2.05) is 6.92 Å². The van der Waals surface area contributed by atoms with Crippen LogP contribution in [0, 0.1) is 6.92 Å². The van der Waals surface area contributed by atoms with Crippen LogP contribution in [-0.2, 0) is 9.53 Å². The minimum absolute atomic E-state index is 0.00860. The van der Waals surface area contributed by atoms with Crippen LogP contribution in [0.15, 0.2) is 18.2 Å². The predicted octanol–water partition coefficient (Wildman–Crippen LogP) is 2.89. The van der Waals surface area contributed by atoms with Crippen LogP contribution in [-0.4, -0.2) is 50.0 Å². The quantitative estimate of drug-likeness (QED) is 0.379. The van der Waals surface area contributed by atoms with Crippen molar-refractivity contribution in [3.05, 3.63) is 35.2 Å². The number of H-pyrrole nitrogens is 1. The highest BCUT2D eigenvalue weighted by molar-refractivity contribution is 6.44. The van der Waals surface area contributed by atoms with Crippen molar-refractivity contribution in [2.24, 2.45) is 0 Å². The second-order valence-electron chi connectivity index (χ2n) is 6.25. The Morgan fingerprint density at radius 1 is 1.10 bits per heavy atom. The maximum atomic E-state index is 12.9. The highest BCUT2D eigenvalue weighted by Gasteiger charge is 2.31. The molecule has 1 amide bonds. The number of ether oxygens (including phenoxy) is 3. The number of methoxy groups -OCH3 is 2. The van der Waals surface area contributed by atoms with Crippen molar-refractivity contribution in [1.82, 2.24) is 10.3 Å². The van der Waals surface area contributed by atoms with Crippen molar-refractivity contribution >= 4 is 17.7 Å². The first kappa shape index (κ1) is 22.0. The SMILES string of the molecule is CCCNC(=O)C(=O)c1[nH]c(C)c(C(=O)OCC)c1-c1cc(OC)ccc1OC. The van der Waals surface area contributed by atoms with Gasteiger partial charge in [-0.1, -0.05) is 6.92 Å². The van der Waals surface area contributed by atoms with E-state index in [1.54, 1.807) is 32.0 Å². The summed E-state index contributed by atoms with van der Waals surface area (Å²) in [6.45, 7) is 5.75. The van der Waals surface area contributed by atoms with E-state index in [-0.39, 0.29) is 23.4 Å². The summed E-state index contributed by atoms with van der Waals surface area (Å²) in [7, 11) is 2.98. The molecule has 0 spiro atoms. The summed E-state index contributed by atoms with van der Waals surface area (Å²) in [5.41, 5.74) is 1.25. The Morgan fingerprint density at radius 2 is 1.83 bits per heavy atom. The van der Waals surface area contributed by atoms with Gasteiger partial charge in [0.2, 0.25) is 0 Å². The third-order valence-corrected chi connectivity index (χ3v) is 4.31. The molecule has 8 nitrogen and oxygen atoms in total. The lowest BCUT2D eigenvalue weighted by Gasteiger charge is -2.13. The van der Waals surface area contributed by atoms with Gasteiger partial charge in [-0.05, 0) is 38.5 Å².